The van der Waals surface area contributed by atoms with Gasteiger partial charge in [0, 0.05) is 0 Å². The van der Waals surface area contributed by atoms with Gasteiger partial charge in [0.05, 0.1) is 0 Å². The highest BCUT2D eigenvalue weighted by atomic mass is 35.5. The van der Waals surface area contributed by atoms with Crippen molar-refractivity contribution in [2.45, 2.75) is 31.4 Å². The van der Waals surface area contributed by atoms with Crippen molar-refractivity contribution in [2.24, 2.45) is 0 Å². The number of hydrogen-bond donors (Lipinski definition) is 1. The quantitative estimate of drug-likeness (QED) is 0.535. The van der Waals surface area contributed by atoms with E-state index < -0.39 is 16.9 Å². The van der Waals surface area contributed by atoms with Gasteiger partial charge in [0.2, 0.25) is 5.24 Å². The first-order valence-corrected chi connectivity index (χ1v) is 4.55. The number of carbonyl (C=O) groups excluding carboxylic acids is 2. The van der Waals surface area contributed by atoms with Crippen molar-refractivity contribution in [1.82, 2.24) is 5.32 Å². The third-order valence-electron chi connectivity index (χ3n) is 2.49. The van der Waals surface area contributed by atoms with Crippen LogP contribution in [0.15, 0.2) is 0 Å². The Morgan fingerprint density at radius 2 is 2.46 bits per heavy atom. The van der Waals surface area contributed by atoms with Gasteiger partial charge in [-0.25, -0.2) is 0 Å². The van der Waals surface area contributed by atoms with E-state index in [2.05, 4.69) is 5.32 Å². The summed E-state index contributed by atoms with van der Waals surface area (Å²) in [5.74, 6) is 0. The van der Waals surface area contributed by atoms with Crippen LogP contribution in [0.4, 0.5) is 0 Å². The fourth-order valence-electron chi connectivity index (χ4n) is 1.64. The van der Waals surface area contributed by atoms with E-state index in [9.17, 15) is 9.59 Å². The van der Waals surface area contributed by atoms with E-state index in [4.69, 9.17) is 16.3 Å². The number of rotatable bonds is 4. The average Bonchev–Trinajstić information content (AvgIpc) is 2.53. The molecule has 2 atom stereocenters. The van der Waals surface area contributed by atoms with Gasteiger partial charge in [-0.05, 0) is 37.9 Å². The lowest BCUT2D eigenvalue weighted by Gasteiger charge is -2.30. The molecule has 13 heavy (non-hydrogen) atoms. The lowest BCUT2D eigenvalue weighted by atomic mass is 9.93. The number of nitrogens with one attached hydrogen (secondary N) is 1. The van der Waals surface area contributed by atoms with Gasteiger partial charge < -0.3 is 10.1 Å². The van der Waals surface area contributed by atoms with Crippen LogP contribution in [0.3, 0.4) is 0 Å². The van der Waals surface area contributed by atoms with Gasteiger partial charge in [0.25, 0.3) is 6.47 Å². The van der Waals surface area contributed by atoms with Crippen LogP contribution in [0, 0.1) is 0 Å². The van der Waals surface area contributed by atoms with Gasteiger partial charge in [-0.15, -0.1) is 0 Å². The number of hydrogen-bond acceptors (Lipinski definition) is 4. The number of halogens is 1. The second kappa shape index (κ2) is 4.07. The molecular formula is C8H12ClNO3. The molecule has 1 aliphatic rings. The lowest BCUT2D eigenvalue weighted by Crippen LogP contribution is -2.54. The highest BCUT2D eigenvalue weighted by Crippen LogP contribution is 2.27. The summed E-state index contributed by atoms with van der Waals surface area (Å²) in [4.78, 5) is 21.3. The first-order chi connectivity index (χ1) is 6.13. The van der Waals surface area contributed by atoms with Gasteiger partial charge in [-0.3, -0.25) is 9.59 Å². The lowest BCUT2D eigenvalue weighted by molar-refractivity contribution is -0.139. The fraction of sp³-hybridized carbons (Fsp3) is 0.750. The molecule has 1 aliphatic heterocycles. The Balaban J connectivity index is 2.77. The van der Waals surface area contributed by atoms with Crippen LogP contribution in [0.1, 0.15) is 19.8 Å². The smallest absolute Gasteiger partial charge is 0.293 e. The van der Waals surface area contributed by atoms with E-state index in [1.165, 1.54) is 0 Å². The average molecular weight is 206 g/mol. The van der Waals surface area contributed by atoms with Crippen LogP contribution >= 0.6 is 11.6 Å². The Bertz CT molecular complexity index is 213. The van der Waals surface area contributed by atoms with Gasteiger partial charge in [-0.1, -0.05) is 0 Å². The summed E-state index contributed by atoms with van der Waals surface area (Å²) in [5.41, 5.74) is -0.873. The summed E-state index contributed by atoms with van der Waals surface area (Å²) in [6.07, 6.45) is 0.965. The summed E-state index contributed by atoms with van der Waals surface area (Å²) in [7, 11) is 0. The molecule has 74 valence electrons. The Morgan fingerprint density at radius 3 is 2.85 bits per heavy atom. The molecule has 4 nitrogen and oxygen atoms in total. The van der Waals surface area contributed by atoms with E-state index >= 15 is 0 Å². The largest absolute Gasteiger partial charge is 0.462 e. The summed E-state index contributed by atoms with van der Waals surface area (Å²) in [5, 5.41) is 2.50. The molecule has 5 heteroatoms. The molecule has 1 saturated heterocycles. The highest BCUT2D eigenvalue weighted by Gasteiger charge is 2.46. The zero-order valence-electron chi connectivity index (χ0n) is 7.38. The van der Waals surface area contributed by atoms with Gasteiger partial charge in [0.15, 0.2) is 0 Å². The summed E-state index contributed by atoms with van der Waals surface area (Å²) in [6.45, 7) is 2.73. The molecule has 0 bridgehead atoms. The Kier molecular flexibility index (Phi) is 3.27. The van der Waals surface area contributed by atoms with Crippen molar-refractivity contribution in [1.29, 1.82) is 0 Å². The Labute approximate surface area is 81.6 Å². The van der Waals surface area contributed by atoms with Crippen LogP contribution < -0.4 is 5.32 Å². The normalized spacial score (nSPS) is 29.7. The van der Waals surface area contributed by atoms with Crippen LogP contribution in [0.5, 0.6) is 0 Å². The van der Waals surface area contributed by atoms with Gasteiger partial charge in [-0.2, -0.15) is 0 Å². The van der Waals surface area contributed by atoms with E-state index in [1.807, 2.05) is 0 Å². The van der Waals surface area contributed by atoms with Crippen molar-refractivity contribution < 1.29 is 14.3 Å². The van der Waals surface area contributed by atoms with Gasteiger partial charge >= 0.3 is 0 Å². The van der Waals surface area contributed by atoms with E-state index in [0.717, 1.165) is 13.0 Å². The maximum absolute atomic E-state index is 11.2. The summed E-state index contributed by atoms with van der Waals surface area (Å²) in [6, 6.07) is 0. The molecular weight excluding hydrogens is 194 g/mol. The minimum absolute atomic E-state index is 0.340. The Hall–Kier alpha value is -0.610. The summed E-state index contributed by atoms with van der Waals surface area (Å²) >= 11 is 5.47. The van der Waals surface area contributed by atoms with E-state index in [1.54, 1.807) is 6.92 Å². The second-order valence-corrected chi connectivity index (χ2v) is 3.49. The van der Waals surface area contributed by atoms with Crippen molar-refractivity contribution in [3.8, 4) is 0 Å². The number of ether oxygens (including phenoxy) is 1. The van der Waals surface area contributed by atoms with Crippen molar-refractivity contribution in [3.63, 3.8) is 0 Å². The van der Waals surface area contributed by atoms with Crippen LogP contribution in [-0.2, 0) is 14.3 Å². The minimum Gasteiger partial charge on any atom is -0.462 e. The molecule has 0 aromatic carbocycles. The second-order valence-electron chi connectivity index (χ2n) is 3.15. The van der Waals surface area contributed by atoms with Crippen LogP contribution in [0.25, 0.3) is 0 Å². The molecule has 0 saturated carbocycles. The third kappa shape index (κ3) is 1.84. The molecule has 1 unspecified atom stereocenters. The van der Waals surface area contributed by atoms with Gasteiger partial charge in [0.1, 0.15) is 11.6 Å². The zero-order valence-corrected chi connectivity index (χ0v) is 8.13. The molecule has 1 rings (SSSR count). The minimum atomic E-state index is -0.873. The predicted octanol–water partition coefficient (Wildman–Crippen LogP) is 0.435. The zero-order chi connectivity index (χ0) is 9.90. The van der Waals surface area contributed by atoms with Crippen molar-refractivity contribution in [2.75, 3.05) is 6.54 Å². The van der Waals surface area contributed by atoms with Crippen LogP contribution in [0.2, 0.25) is 0 Å². The third-order valence-corrected chi connectivity index (χ3v) is 2.83. The maximum Gasteiger partial charge on any atom is 0.293 e. The molecule has 1 fully saturated rings. The fourth-order valence-corrected chi connectivity index (χ4v) is 1.96. The molecule has 1 N–H and O–H groups in total. The molecule has 0 radical (unpaired) electrons. The van der Waals surface area contributed by atoms with Crippen molar-refractivity contribution in [3.05, 3.63) is 0 Å². The Morgan fingerprint density at radius 1 is 1.77 bits per heavy atom. The molecule has 0 amide bonds. The molecule has 0 aliphatic carbocycles. The predicted molar refractivity (Wildman–Crippen MR) is 47.4 cm³/mol. The maximum atomic E-state index is 11.2. The summed E-state index contributed by atoms with van der Waals surface area (Å²) < 4.78 is 4.74. The van der Waals surface area contributed by atoms with E-state index in [0.29, 0.717) is 12.9 Å². The SMILES string of the molecule is CC(OC=O)[C@@]1(C(=O)Cl)CCCN1. The number of carbonyl (C=O) groups is 2. The van der Waals surface area contributed by atoms with Crippen LogP contribution in [-0.4, -0.2) is 29.9 Å². The first-order valence-electron chi connectivity index (χ1n) is 4.17. The van der Waals surface area contributed by atoms with E-state index in [-0.39, 0.29) is 0 Å². The van der Waals surface area contributed by atoms with Crippen molar-refractivity contribution >= 4 is 23.3 Å². The first kappa shape index (κ1) is 10.5. The monoisotopic (exact) mass is 205 g/mol. The molecule has 0 aromatic heterocycles. The molecule has 1 heterocycles. The molecule has 0 aromatic rings. The highest BCUT2D eigenvalue weighted by molar-refractivity contribution is 6.65. The topological polar surface area (TPSA) is 55.4 Å². The standard InChI is InChI=1S/C8H12ClNO3/c1-6(13-5-11)8(7(9)12)3-2-4-10-8/h5-6,10H,2-4H2,1H3/t6?,8-/m1/s1. The molecule has 0 spiro atoms.